The second-order valence-electron chi connectivity index (χ2n) is 6.38. The van der Waals surface area contributed by atoms with E-state index in [1.165, 1.54) is 19.1 Å². The van der Waals surface area contributed by atoms with E-state index >= 15 is 0 Å². The van der Waals surface area contributed by atoms with Gasteiger partial charge in [0.25, 0.3) is 5.91 Å². The van der Waals surface area contributed by atoms with Crippen molar-refractivity contribution in [3.8, 4) is 0 Å². The number of hydrogen-bond acceptors (Lipinski definition) is 3. The average molecular weight is 355 g/mol. The number of rotatable bonds is 4. The molecule has 1 unspecified atom stereocenters. The van der Waals surface area contributed by atoms with Crippen LogP contribution in [0.4, 0.5) is 4.39 Å². The van der Waals surface area contributed by atoms with Gasteiger partial charge >= 0.3 is 0 Å². The molecule has 0 aliphatic carbocycles. The molecule has 1 aliphatic heterocycles. The van der Waals surface area contributed by atoms with Gasteiger partial charge in [0.15, 0.2) is 0 Å². The number of carbonyl (C=O) groups is 2. The van der Waals surface area contributed by atoms with Crippen LogP contribution in [0.25, 0.3) is 0 Å². The van der Waals surface area contributed by atoms with E-state index in [2.05, 4.69) is 10.6 Å². The minimum absolute atomic E-state index is 0.0770. The number of nitrogens with zero attached hydrogens (tertiary/aromatic N) is 1. The molecule has 1 saturated heterocycles. The van der Waals surface area contributed by atoms with Gasteiger partial charge in [-0.25, -0.2) is 4.39 Å². The van der Waals surface area contributed by atoms with Gasteiger partial charge in [-0.3, -0.25) is 9.59 Å². The highest BCUT2D eigenvalue weighted by molar-refractivity contribution is 5.94. The number of nitrogens with one attached hydrogen (secondary N) is 2. The molecular weight excluding hydrogens is 333 g/mol. The number of benzene rings is 2. The van der Waals surface area contributed by atoms with Gasteiger partial charge in [0, 0.05) is 38.7 Å². The summed E-state index contributed by atoms with van der Waals surface area (Å²) in [5.41, 5.74) is 2.30. The predicted octanol–water partition coefficient (Wildman–Crippen LogP) is 2.25. The molecule has 1 aliphatic rings. The molecule has 136 valence electrons. The van der Waals surface area contributed by atoms with Gasteiger partial charge in [-0.15, -0.1) is 0 Å². The first kappa shape index (κ1) is 18.1. The highest BCUT2D eigenvalue weighted by atomic mass is 19.1. The minimum Gasteiger partial charge on any atom is -0.352 e. The molecule has 2 aromatic rings. The predicted molar refractivity (Wildman–Crippen MR) is 97.0 cm³/mol. The molecule has 2 N–H and O–H groups in total. The third-order valence-corrected chi connectivity index (χ3v) is 4.48. The van der Waals surface area contributed by atoms with Crippen LogP contribution >= 0.6 is 0 Å². The number of carbonyl (C=O) groups excluding carboxylic acids is 2. The second kappa shape index (κ2) is 8.10. The molecular formula is C20H22FN3O2. The molecule has 3 rings (SSSR count). The van der Waals surface area contributed by atoms with Crippen LogP contribution < -0.4 is 10.6 Å². The molecule has 5 nitrogen and oxygen atoms in total. The summed E-state index contributed by atoms with van der Waals surface area (Å²) in [6.07, 6.45) is 0. The highest BCUT2D eigenvalue weighted by Gasteiger charge is 2.28. The number of piperazine rings is 1. The smallest absolute Gasteiger partial charge is 0.254 e. The quantitative estimate of drug-likeness (QED) is 0.884. The first-order valence-corrected chi connectivity index (χ1v) is 8.65. The molecule has 0 aromatic heterocycles. The Morgan fingerprint density at radius 2 is 2.00 bits per heavy atom. The fraction of sp³-hybridized carbons (Fsp3) is 0.300. The summed E-state index contributed by atoms with van der Waals surface area (Å²) in [4.78, 5) is 25.8. The van der Waals surface area contributed by atoms with E-state index in [9.17, 15) is 14.0 Å². The summed E-state index contributed by atoms with van der Waals surface area (Å²) in [6, 6.07) is 13.4. The lowest BCUT2D eigenvalue weighted by molar-refractivity contribution is -0.119. The third-order valence-electron chi connectivity index (χ3n) is 4.48. The lowest BCUT2D eigenvalue weighted by Crippen LogP contribution is -2.48. The van der Waals surface area contributed by atoms with Gasteiger partial charge in [-0.05, 0) is 35.4 Å². The molecule has 0 saturated carbocycles. The zero-order chi connectivity index (χ0) is 18.5. The van der Waals surface area contributed by atoms with E-state index < -0.39 is 0 Å². The van der Waals surface area contributed by atoms with Crippen LogP contribution in [-0.4, -0.2) is 36.3 Å². The van der Waals surface area contributed by atoms with E-state index in [-0.39, 0.29) is 23.7 Å². The summed E-state index contributed by atoms with van der Waals surface area (Å²) in [5.74, 6) is -0.474. The van der Waals surface area contributed by atoms with Crippen LogP contribution in [0.1, 0.15) is 34.5 Å². The molecule has 6 heteroatoms. The van der Waals surface area contributed by atoms with Gasteiger partial charge in [0.1, 0.15) is 5.82 Å². The fourth-order valence-corrected chi connectivity index (χ4v) is 3.12. The van der Waals surface area contributed by atoms with Gasteiger partial charge in [0.2, 0.25) is 5.91 Å². The Morgan fingerprint density at radius 1 is 1.23 bits per heavy atom. The van der Waals surface area contributed by atoms with Crippen molar-refractivity contribution in [1.29, 1.82) is 0 Å². The van der Waals surface area contributed by atoms with Crippen LogP contribution in [-0.2, 0) is 11.3 Å². The highest BCUT2D eigenvalue weighted by Crippen LogP contribution is 2.25. The minimum atomic E-state index is -0.303. The standard InChI is InChI=1S/C20H22FN3O2/c1-14(25)23-12-15-5-7-16(8-6-15)20(26)24-10-9-22-13-19(24)17-3-2-4-18(21)11-17/h2-8,11,19,22H,9-10,12-13H2,1H3,(H,23,25). The monoisotopic (exact) mass is 355 g/mol. The Labute approximate surface area is 152 Å². The van der Waals surface area contributed by atoms with Crippen LogP contribution in [0.3, 0.4) is 0 Å². The van der Waals surface area contributed by atoms with Crippen LogP contribution in [0.5, 0.6) is 0 Å². The lowest BCUT2D eigenvalue weighted by Gasteiger charge is -2.36. The normalized spacial score (nSPS) is 17.0. The van der Waals surface area contributed by atoms with Crippen molar-refractivity contribution in [3.63, 3.8) is 0 Å². The molecule has 1 heterocycles. The van der Waals surface area contributed by atoms with Gasteiger partial charge in [0.05, 0.1) is 6.04 Å². The van der Waals surface area contributed by atoms with Crippen molar-refractivity contribution in [1.82, 2.24) is 15.5 Å². The third kappa shape index (κ3) is 4.26. The summed E-state index contributed by atoms with van der Waals surface area (Å²) in [6.45, 7) is 3.76. The lowest BCUT2D eigenvalue weighted by atomic mass is 10.0. The van der Waals surface area contributed by atoms with Crippen molar-refractivity contribution in [2.75, 3.05) is 19.6 Å². The summed E-state index contributed by atoms with van der Waals surface area (Å²) < 4.78 is 13.6. The molecule has 0 bridgehead atoms. The van der Waals surface area contributed by atoms with E-state index in [0.29, 0.717) is 31.7 Å². The van der Waals surface area contributed by atoms with Crippen molar-refractivity contribution < 1.29 is 14.0 Å². The Balaban J connectivity index is 1.77. The van der Waals surface area contributed by atoms with Crippen molar-refractivity contribution in [2.45, 2.75) is 19.5 Å². The summed E-state index contributed by atoms with van der Waals surface area (Å²) in [7, 11) is 0. The molecule has 1 fully saturated rings. The maximum Gasteiger partial charge on any atom is 0.254 e. The summed E-state index contributed by atoms with van der Waals surface area (Å²) >= 11 is 0. The number of halogens is 1. The van der Waals surface area contributed by atoms with Crippen LogP contribution in [0, 0.1) is 5.82 Å². The maximum atomic E-state index is 13.6. The van der Waals surface area contributed by atoms with E-state index in [4.69, 9.17) is 0 Å². The van der Waals surface area contributed by atoms with Crippen molar-refractivity contribution >= 4 is 11.8 Å². The van der Waals surface area contributed by atoms with Gasteiger partial charge < -0.3 is 15.5 Å². The van der Waals surface area contributed by atoms with E-state index in [1.807, 2.05) is 18.2 Å². The molecule has 0 radical (unpaired) electrons. The fourth-order valence-electron chi connectivity index (χ4n) is 3.12. The van der Waals surface area contributed by atoms with Gasteiger partial charge in [-0.1, -0.05) is 24.3 Å². The number of amides is 2. The zero-order valence-electron chi connectivity index (χ0n) is 14.7. The first-order chi connectivity index (χ1) is 12.5. The molecule has 1 atom stereocenters. The van der Waals surface area contributed by atoms with Crippen molar-refractivity contribution in [2.24, 2.45) is 0 Å². The summed E-state index contributed by atoms with van der Waals surface area (Å²) in [5, 5.41) is 6.00. The van der Waals surface area contributed by atoms with Gasteiger partial charge in [-0.2, -0.15) is 0 Å². The Bertz CT molecular complexity index is 792. The molecule has 2 amide bonds. The second-order valence-corrected chi connectivity index (χ2v) is 6.38. The number of hydrogen-bond donors (Lipinski definition) is 2. The zero-order valence-corrected chi connectivity index (χ0v) is 14.7. The Kier molecular flexibility index (Phi) is 5.63. The van der Waals surface area contributed by atoms with E-state index in [0.717, 1.165) is 11.1 Å². The SMILES string of the molecule is CC(=O)NCc1ccc(C(=O)N2CCNCC2c2cccc(F)c2)cc1. The molecule has 0 spiro atoms. The molecule has 26 heavy (non-hydrogen) atoms. The Hall–Kier alpha value is -2.73. The largest absolute Gasteiger partial charge is 0.352 e. The van der Waals surface area contributed by atoms with Crippen LogP contribution in [0.2, 0.25) is 0 Å². The topological polar surface area (TPSA) is 61.4 Å². The first-order valence-electron chi connectivity index (χ1n) is 8.65. The van der Waals surface area contributed by atoms with Crippen LogP contribution in [0.15, 0.2) is 48.5 Å². The molecule has 2 aromatic carbocycles. The average Bonchev–Trinajstić information content (AvgIpc) is 2.66. The maximum absolute atomic E-state index is 13.6. The van der Waals surface area contributed by atoms with E-state index in [1.54, 1.807) is 23.1 Å². The Morgan fingerprint density at radius 3 is 2.69 bits per heavy atom. The van der Waals surface area contributed by atoms with Crippen molar-refractivity contribution in [3.05, 3.63) is 71.0 Å².